The second-order valence-corrected chi connectivity index (χ2v) is 5.89. The van der Waals surface area contributed by atoms with Crippen molar-refractivity contribution in [2.45, 2.75) is 33.2 Å². The van der Waals surface area contributed by atoms with Crippen LogP contribution in [-0.2, 0) is 6.42 Å². The molecule has 2 aromatic rings. The molecule has 2 aromatic carbocycles. The summed E-state index contributed by atoms with van der Waals surface area (Å²) in [5, 5.41) is 4.25. The van der Waals surface area contributed by atoms with Gasteiger partial charge in [-0.1, -0.05) is 41.9 Å². The molecule has 0 bridgehead atoms. The third kappa shape index (κ3) is 3.41. The van der Waals surface area contributed by atoms with Gasteiger partial charge in [-0.25, -0.2) is 0 Å². The van der Waals surface area contributed by atoms with Gasteiger partial charge in [-0.15, -0.1) is 0 Å². The first-order chi connectivity index (χ1) is 9.51. The summed E-state index contributed by atoms with van der Waals surface area (Å²) in [4.78, 5) is 0. The molecule has 0 spiro atoms. The van der Waals surface area contributed by atoms with Gasteiger partial charge in [0.15, 0.2) is 0 Å². The highest BCUT2D eigenvalue weighted by Gasteiger charge is 2.12. The van der Waals surface area contributed by atoms with E-state index in [1.807, 2.05) is 13.1 Å². The number of halogens is 1. The average Bonchev–Trinajstić information content (AvgIpc) is 2.41. The number of nitrogens with one attached hydrogen (secondary N) is 1. The Morgan fingerprint density at radius 3 is 2.35 bits per heavy atom. The Hall–Kier alpha value is -1.31. The van der Waals surface area contributed by atoms with Gasteiger partial charge in [0.25, 0.3) is 0 Å². The molecule has 0 aliphatic rings. The van der Waals surface area contributed by atoms with Gasteiger partial charge in [0.2, 0.25) is 0 Å². The molecule has 0 aromatic heterocycles. The predicted octanol–water partition coefficient (Wildman–Crippen LogP) is 4.77. The molecule has 0 saturated carbocycles. The van der Waals surface area contributed by atoms with Gasteiger partial charge in [-0.2, -0.15) is 0 Å². The second-order valence-electron chi connectivity index (χ2n) is 5.48. The van der Waals surface area contributed by atoms with Crippen molar-refractivity contribution in [2.75, 3.05) is 7.05 Å². The summed E-state index contributed by atoms with van der Waals surface area (Å²) >= 11 is 6.35. The lowest BCUT2D eigenvalue weighted by molar-refractivity contribution is 0.591. The lowest BCUT2D eigenvalue weighted by Gasteiger charge is -2.19. The van der Waals surface area contributed by atoms with E-state index in [1.165, 1.54) is 27.8 Å². The van der Waals surface area contributed by atoms with Gasteiger partial charge in [0.05, 0.1) is 0 Å². The zero-order chi connectivity index (χ0) is 14.7. The van der Waals surface area contributed by atoms with Crippen LogP contribution in [0.15, 0.2) is 36.4 Å². The van der Waals surface area contributed by atoms with Gasteiger partial charge in [-0.3, -0.25) is 0 Å². The van der Waals surface area contributed by atoms with Gasteiger partial charge in [-0.05, 0) is 68.1 Å². The SMILES string of the molecule is CNC(Cc1ccc(C)cc1Cl)c1ccc(C)c(C)c1. The highest BCUT2D eigenvalue weighted by molar-refractivity contribution is 6.31. The summed E-state index contributed by atoms with van der Waals surface area (Å²) in [5.41, 5.74) is 6.36. The molecule has 0 amide bonds. The molecule has 0 radical (unpaired) electrons. The lowest BCUT2D eigenvalue weighted by atomic mass is 9.95. The van der Waals surface area contributed by atoms with E-state index in [1.54, 1.807) is 0 Å². The van der Waals surface area contributed by atoms with Gasteiger partial charge in [0.1, 0.15) is 0 Å². The summed E-state index contributed by atoms with van der Waals surface area (Å²) in [7, 11) is 2.00. The number of likely N-dealkylation sites (N-methyl/N-ethyl adjacent to an activating group) is 1. The summed E-state index contributed by atoms with van der Waals surface area (Å²) in [5.74, 6) is 0. The molecule has 1 atom stereocenters. The third-order valence-corrected chi connectivity index (χ3v) is 4.27. The fourth-order valence-electron chi connectivity index (χ4n) is 2.41. The molecule has 1 unspecified atom stereocenters. The number of rotatable bonds is 4. The van der Waals surface area contributed by atoms with Crippen LogP contribution in [0, 0.1) is 20.8 Å². The Morgan fingerprint density at radius 2 is 1.75 bits per heavy atom. The fourth-order valence-corrected chi connectivity index (χ4v) is 2.72. The van der Waals surface area contributed by atoms with Crippen LogP contribution in [0.5, 0.6) is 0 Å². The van der Waals surface area contributed by atoms with Crippen molar-refractivity contribution in [3.63, 3.8) is 0 Å². The topological polar surface area (TPSA) is 12.0 Å². The minimum Gasteiger partial charge on any atom is -0.313 e. The van der Waals surface area contributed by atoms with Crippen molar-refractivity contribution < 1.29 is 0 Å². The van der Waals surface area contributed by atoms with E-state index >= 15 is 0 Å². The zero-order valence-corrected chi connectivity index (χ0v) is 13.4. The van der Waals surface area contributed by atoms with E-state index < -0.39 is 0 Å². The van der Waals surface area contributed by atoms with Crippen LogP contribution in [0.2, 0.25) is 5.02 Å². The van der Waals surface area contributed by atoms with Crippen LogP contribution in [0.25, 0.3) is 0 Å². The molecule has 1 nitrogen and oxygen atoms in total. The maximum absolute atomic E-state index is 6.35. The minimum atomic E-state index is 0.287. The molecule has 106 valence electrons. The molecule has 0 aliphatic carbocycles. The van der Waals surface area contributed by atoms with Crippen molar-refractivity contribution in [1.29, 1.82) is 0 Å². The van der Waals surface area contributed by atoms with Crippen LogP contribution in [0.3, 0.4) is 0 Å². The minimum absolute atomic E-state index is 0.287. The standard InChI is InChI=1S/C18H22ClN/c1-12-5-7-15(17(19)9-12)11-18(20-4)16-8-6-13(2)14(3)10-16/h5-10,18,20H,11H2,1-4H3. The zero-order valence-electron chi connectivity index (χ0n) is 12.6. The summed E-state index contributed by atoms with van der Waals surface area (Å²) < 4.78 is 0. The quantitative estimate of drug-likeness (QED) is 0.854. The van der Waals surface area contributed by atoms with E-state index in [-0.39, 0.29) is 6.04 Å². The largest absolute Gasteiger partial charge is 0.313 e. The monoisotopic (exact) mass is 287 g/mol. The molecule has 0 fully saturated rings. The smallest absolute Gasteiger partial charge is 0.0441 e. The highest BCUT2D eigenvalue weighted by Crippen LogP contribution is 2.25. The molecule has 2 heteroatoms. The molecule has 0 aliphatic heterocycles. The van der Waals surface area contributed by atoms with Crippen molar-refractivity contribution >= 4 is 11.6 Å². The fraction of sp³-hybridized carbons (Fsp3) is 0.333. The molecular formula is C18H22ClN. The van der Waals surface area contributed by atoms with Crippen LogP contribution < -0.4 is 5.32 Å². The summed E-state index contributed by atoms with van der Waals surface area (Å²) in [6.07, 6.45) is 0.901. The normalized spacial score (nSPS) is 12.4. The van der Waals surface area contributed by atoms with Crippen LogP contribution in [0.1, 0.15) is 33.9 Å². The predicted molar refractivity (Wildman–Crippen MR) is 87.6 cm³/mol. The number of hydrogen-bond donors (Lipinski definition) is 1. The van der Waals surface area contributed by atoms with Crippen LogP contribution >= 0.6 is 11.6 Å². The Morgan fingerprint density at radius 1 is 1.00 bits per heavy atom. The van der Waals surface area contributed by atoms with Gasteiger partial charge >= 0.3 is 0 Å². The van der Waals surface area contributed by atoms with Crippen molar-refractivity contribution in [2.24, 2.45) is 0 Å². The molecule has 20 heavy (non-hydrogen) atoms. The van der Waals surface area contributed by atoms with Gasteiger partial charge < -0.3 is 5.32 Å². The first-order valence-electron chi connectivity index (χ1n) is 7.00. The Kier molecular flexibility index (Phi) is 4.85. The summed E-state index contributed by atoms with van der Waals surface area (Å²) in [6.45, 7) is 6.36. The summed E-state index contributed by atoms with van der Waals surface area (Å²) in [6, 6.07) is 13.2. The first-order valence-corrected chi connectivity index (χ1v) is 7.38. The number of benzene rings is 2. The van der Waals surface area contributed by atoms with Crippen LogP contribution in [-0.4, -0.2) is 7.05 Å². The van der Waals surface area contributed by atoms with Crippen molar-refractivity contribution in [1.82, 2.24) is 5.32 Å². The number of hydrogen-bond acceptors (Lipinski definition) is 1. The maximum atomic E-state index is 6.35. The second kappa shape index (κ2) is 6.43. The lowest BCUT2D eigenvalue weighted by Crippen LogP contribution is -2.19. The van der Waals surface area contributed by atoms with E-state index in [2.05, 4.69) is 56.4 Å². The van der Waals surface area contributed by atoms with Crippen LogP contribution in [0.4, 0.5) is 0 Å². The van der Waals surface area contributed by atoms with E-state index in [9.17, 15) is 0 Å². The molecule has 1 N–H and O–H groups in total. The number of aryl methyl sites for hydroxylation is 3. The Bertz CT molecular complexity index is 604. The first kappa shape index (κ1) is 15.1. The maximum Gasteiger partial charge on any atom is 0.0441 e. The average molecular weight is 288 g/mol. The van der Waals surface area contributed by atoms with E-state index in [4.69, 9.17) is 11.6 Å². The van der Waals surface area contributed by atoms with Crippen molar-refractivity contribution in [3.05, 3.63) is 69.2 Å². The Balaban J connectivity index is 2.26. The molecule has 2 rings (SSSR count). The molecule has 0 heterocycles. The molecular weight excluding hydrogens is 266 g/mol. The van der Waals surface area contributed by atoms with Crippen molar-refractivity contribution in [3.8, 4) is 0 Å². The third-order valence-electron chi connectivity index (χ3n) is 3.91. The van der Waals surface area contributed by atoms with E-state index in [0.29, 0.717) is 0 Å². The van der Waals surface area contributed by atoms with E-state index in [0.717, 1.165) is 11.4 Å². The molecule has 0 saturated heterocycles. The van der Waals surface area contributed by atoms with Gasteiger partial charge in [0, 0.05) is 11.1 Å². The highest BCUT2D eigenvalue weighted by atomic mass is 35.5. The Labute approximate surface area is 127 Å².